The van der Waals surface area contributed by atoms with Gasteiger partial charge in [0.05, 0.1) is 5.56 Å². The molecule has 0 spiro atoms. The van der Waals surface area contributed by atoms with E-state index in [1.807, 2.05) is 6.92 Å². The van der Waals surface area contributed by atoms with Crippen LogP contribution in [0, 0.1) is 5.92 Å². The summed E-state index contributed by atoms with van der Waals surface area (Å²) >= 11 is 0. The van der Waals surface area contributed by atoms with Gasteiger partial charge in [0.1, 0.15) is 0 Å². The molecule has 2 unspecified atom stereocenters. The van der Waals surface area contributed by atoms with Crippen molar-refractivity contribution in [2.45, 2.75) is 25.6 Å². The van der Waals surface area contributed by atoms with Crippen molar-refractivity contribution in [2.75, 3.05) is 13.1 Å². The minimum atomic E-state index is -4.43. The molecule has 3 nitrogen and oxygen atoms in total. The number of benzene rings is 1. The van der Waals surface area contributed by atoms with Gasteiger partial charge in [0.25, 0.3) is 5.91 Å². The Balaban J connectivity index is 2.09. The zero-order chi connectivity index (χ0) is 14.8. The summed E-state index contributed by atoms with van der Waals surface area (Å²) in [5.74, 6) is -0.187. The summed E-state index contributed by atoms with van der Waals surface area (Å²) in [4.78, 5) is 12.0. The lowest BCUT2D eigenvalue weighted by atomic mass is 9.95. The fourth-order valence-corrected chi connectivity index (χ4v) is 2.32. The molecule has 20 heavy (non-hydrogen) atoms. The fourth-order valence-electron chi connectivity index (χ4n) is 2.32. The molecule has 1 aromatic carbocycles. The van der Waals surface area contributed by atoms with Crippen molar-refractivity contribution in [3.8, 4) is 0 Å². The number of carbonyl (C=O) groups is 1. The monoisotopic (exact) mass is 286 g/mol. The summed E-state index contributed by atoms with van der Waals surface area (Å²) in [6, 6.07) is 4.50. The zero-order valence-electron chi connectivity index (χ0n) is 11.1. The SMILES string of the molecule is CC1CNCCC1NC(=O)c1cccc(C(F)(F)F)c1. The Bertz CT molecular complexity index is 488. The lowest BCUT2D eigenvalue weighted by molar-refractivity contribution is -0.137. The Morgan fingerprint density at radius 1 is 1.40 bits per heavy atom. The molecule has 1 aromatic rings. The highest BCUT2D eigenvalue weighted by molar-refractivity contribution is 5.94. The third kappa shape index (κ3) is 3.50. The lowest BCUT2D eigenvalue weighted by Gasteiger charge is -2.30. The largest absolute Gasteiger partial charge is 0.416 e. The van der Waals surface area contributed by atoms with Crippen LogP contribution in [-0.2, 0) is 6.18 Å². The van der Waals surface area contributed by atoms with Crippen molar-refractivity contribution >= 4 is 5.91 Å². The van der Waals surface area contributed by atoms with Crippen LogP contribution in [0.1, 0.15) is 29.3 Å². The van der Waals surface area contributed by atoms with Crippen molar-refractivity contribution in [1.82, 2.24) is 10.6 Å². The van der Waals surface area contributed by atoms with Crippen LogP contribution in [0.25, 0.3) is 0 Å². The molecule has 1 aliphatic heterocycles. The number of halogens is 3. The number of nitrogens with one attached hydrogen (secondary N) is 2. The van der Waals surface area contributed by atoms with E-state index < -0.39 is 17.6 Å². The van der Waals surface area contributed by atoms with E-state index in [0.29, 0.717) is 0 Å². The Morgan fingerprint density at radius 2 is 2.15 bits per heavy atom. The Labute approximate surface area is 115 Å². The van der Waals surface area contributed by atoms with Gasteiger partial charge >= 0.3 is 6.18 Å². The van der Waals surface area contributed by atoms with Crippen LogP contribution in [-0.4, -0.2) is 25.0 Å². The van der Waals surface area contributed by atoms with Crippen LogP contribution in [0.5, 0.6) is 0 Å². The second-order valence-corrected chi connectivity index (χ2v) is 5.13. The molecule has 2 N–H and O–H groups in total. The summed E-state index contributed by atoms with van der Waals surface area (Å²) in [6.45, 7) is 3.61. The summed E-state index contributed by atoms with van der Waals surface area (Å²) in [7, 11) is 0. The van der Waals surface area contributed by atoms with Crippen molar-refractivity contribution in [2.24, 2.45) is 5.92 Å². The smallest absolute Gasteiger partial charge is 0.349 e. The molecule has 2 atom stereocenters. The van der Waals surface area contributed by atoms with E-state index in [2.05, 4.69) is 10.6 Å². The van der Waals surface area contributed by atoms with Crippen LogP contribution < -0.4 is 10.6 Å². The summed E-state index contributed by atoms with van der Waals surface area (Å²) in [6.07, 6.45) is -3.65. The molecule has 2 rings (SSSR count). The van der Waals surface area contributed by atoms with Crippen LogP contribution in [0.3, 0.4) is 0 Å². The first-order valence-electron chi connectivity index (χ1n) is 6.57. The third-order valence-electron chi connectivity index (χ3n) is 3.55. The van der Waals surface area contributed by atoms with Crippen LogP contribution in [0.2, 0.25) is 0 Å². The highest BCUT2D eigenvalue weighted by atomic mass is 19.4. The molecule has 1 amide bonds. The maximum atomic E-state index is 12.6. The molecule has 0 bridgehead atoms. The predicted molar refractivity (Wildman–Crippen MR) is 69.3 cm³/mol. The van der Waals surface area contributed by atoms with Gasteiger partial charge in [-0.1, -0.05) is 13.0 Å². The molecule has 110 valence electrons. The maximum Gasteiger partial charge on any atom is 0.416 e. The number of carbonyl (C=O) groups excluding carboxylic acids is 1. The first kappa shape index (κ1) is 14.8. The van der Waals surface area contributed by atoms with Crippen LogP contribution >= 0.6 is 0 Å². The lowest BCUT2D eigenvalue weighted by Crippen LogP contribution is -2.48. The van der Waals surface area contributed by atoms with Gasteiger partial charge in [0.15, 0.2) is 0 Å². The van der Waals surface area contributed by atoms with E-state index in [1.54, 1.807) is 0 Å². The summed E-state index contributed by atoms with van der Waals surface area (Å²) in [5, 5.41) is 6.02. The minimum absolute atomic E-state index is 0.00158. The van der Waals surface area contributed by atoms with Gasteiger partial charge in [-0.2, -0.15) is 13.2 Å². The van der Waals surface area contributed by atoms with E-state index in [-0.39, 0.29) is 17.5 Å². The molecule has 0 saturated carbocycles. The number of alkyl halides is 3. The molecule has 1 saturated heterocycles. The molecule has 0 aliphatic carbocycles. The van der Waals surface area contributed by atoms with Crippen molar-refractivity contribution in [1.29, 1.82) is 0 Å². The Hall–Kier alpha value is -1.56. The number of hydrogen-bond donors (Lipinski definition) is 2. The summed E-state index contributed by atoms with van der Waals surface area (Å²) in [5.41, 5.74) is -0.755. The average molecular weight is 286 g/mol. The van der Waals surface area contributed by atoms with Gasteiger partial charge in [0.2, 0.25) is 0 Å². The predicted octanol–water partition coefficient (Wildman–Crippen LogP) is 2.43. The Kier molecular flexibility index (Phi) is 4.32. The van der Waals surface area contributed by atoms with Gasteiger partial charge in [0, 0.05) is 11.6 Å². The molecule has 0 radical (unpaired) electrons. The quantitative estimate of drug-likeness (QED) is 0.876. The zero-order valence-corrected chi connectivity index (χ0v) is 11.1. The molecule has 1 fully saturated rings. The van der Waals surface area contributed by atoms with E-state index in [9.17, 15) is 18.0 Å². The number of rotatable bonds is 2. The first-order valence-corrected chi connectivity index (χ1v) is 6.57. The van der Waals surface area contributed by atoms with Gasteiger partial charge < -0.3 is 10.6 Å². The van der Waals surface area contributed by atoms with E-state index in [4.69, 9.17) is 0 Å². The third-order valence-corrected chi connectivity index (χ3v) is 3.55. The molecule has 6 heteroatoms. The summed E-state index contributed by atoms with van der Waals surface area (Å²) < 4.78 is 37.8. The molecule has 1 heterocycles. The van der Waals surface area contributed by atoms with E-state index in [1.165, 1.54) is 12.1 Å². The number of amides is 1. The molecule has 1 aliphatic rings. The van der Waals surface area contributed by atoms with E-state index >= 15 is 0 Å². The molecule has 0 aromatic heterocycles. The van der Waals surface area contributed by atoms with Gasteiger partial charge in [-0.25, -0.2) is 0 Å². The number of hydrogen-bond acceptors (Lipinski definition) is 2. The molecular weight excluding hydrogens is 269 g/mol. The standard InChI is InChI=1S/C14H17F3N2O/c1-9-8-18-6-5-12(9)19-13(20)10-3-2-4-11(7-10)14(15,16)17/h2-4,7,9,12,18H,5-6,8H2,1H3,(H,19,20). The van der Waals surface area contributed by atoms with Gasteiger partial charge in [-0.05, 0) is 43.6 Å². The maximum absolute atomic E-state index is 12.6. The second kappa shape index (κ2) is 5.83. The highest BCUT2D eigenvalue weighted by Crippen LogP contribution is 2.29. The minimum Gasteiger partial charge on any atom is -0.349 e. The topological polar surface area (TPSA) is 41.1 Å². The normalized spacial score (nSPS) is 23.4. The Morgan fingerprint density at radius 3 is 2.80 bits per heavy atom. The van der Waals surface area contributed by atoms with Crippen molar-refractivity contribution in [3.63, 3.8) is 0 Å². The number of piperidine rings is 1. The van der Waals surface area contributed by atoms with Gasteiger partial charge in [-0.3, -0.25) is 4.79 Å². The van der Waals surface area contributed by atoms with E-state index in [0.717, 1.165) is 31.6 Å². The van der Waals surface area contributed by atoms with Gasteiger partial charge in [-0.15, -0.1) is 0 Å². The molecular formula is C14H17F3N2O. The first-order chi connectivity index (χ1) is 9.38. The van der Waals surface area contributed by atoms with Crippen LogP contribution in [0.4, 0.5) is 13.2 Å². The second-order valence-electron chi connectivity index (χ2n) is 5.13. The highest BCUT2D eigenvalue weighted by Gasteiger charge is 2.31. The van der Waals surface area contributed by atoms with Crippen LogP contribution in [0.15, 0.2) is 24.3 Å². The fraction of sp³-hybridized carbons (Fsp3) is 0.500. The average Bonchev–Trinajstić information content (AvgIpc) is 2.40. The van der Waals surface area contributed by atoms with Crippen molar-refractivity contribution < 1.29 is 18.0 Å². The van der Waals surface area contributed by atoms with Crippen molar-refractivity contribution in [3.05, 3.63) is 35.4 Å².